The van der Waals surface area contributed by atoms with Crippen LogP contribution in [0.15, 0.2) is 18.2 Å². The summed E-state index contributed by atoms with van der Waals surface area (Å²) in [5.41, 5.74) is 1.50. The first kappa shape index (κ1) is 17.6. The number of benzene rings is 1. The number of carbonyl (C=O) groups excluding carboxylic acids is 2. The molecule has 3 rings (SSSR count). The number of nitrogens with zero attached hydrogens (tertiary/aromatic N) is 1. The van der Waals surface area contributed by atoms with Crippen molar-refractivity contribution in [3.8, 4) is 5.75 Å². The third-order valence-corrected chi connectivity index (χ3v) is 4.44. The molecular formula is C19H25NO5. The summed E-state index contributed by atoms with van der Waals surface area (Å²) >= 11 is 0. The molecule has 6 heteroatoms. The maximum atomic E-state index is 12.4. The van der Waals surface area contributed by atoms with Crippen LogP contribution in [-0.2, 0) is 20.8 Å². The molecule has 0 bridgehead atoms. The Hall–Kier alpha value is -2.24. The molecule has 0 saturated heterocycles. The lowest BCUT2D eigenvalue weighted by Crippen LogP contribution is -2.37. The molecule has 0 N–H and O–H groups in total. The van der Waals surface area contributed by atoms with Crippen LogP contribution in [0.5, 0.6) is 5.75 Å². The van der Waals surface area contributed by atoms with E-state index in [-0.39, 0.29) is 23.9 Å². The van der Waals surface area contributed by atoms with E-state index in [1.807, 2.05) is 39.0 Å². The Morgan fingerprint density at radius 3 is 2.72 bits per heavy atom. The van der Waals surface area contributed by atoms with Crippen molar-refractivity contribution < 1.29 is 23.8 Å². The first-order valence-electron chi connectivity index (χ1n) is 8.60. The smallest absolute Gasteiger partial charge is 0.410 e. The molecule has 6 nitrogen and oxygen atoms in total. The van der Waals surface area contributed by atoms with Crippen molar-refractivity contribution in [2.24, 2.45) is 5.92 Å². The van der Waals surface area contributed by atoms with E-state index >= 15 is 0 Å². The number of rotatable bonds is 2. The summed E-state index contributed by atoms with van der Waals surface area (Å²) in [6.07, 6.45) is 0.468. The Labute approximate surface area is 148 Å². The molecule has 0 unspecified atom stereocenters. The molecule has 0 spiro atoms. The molecule has 1 aliphatic carbocycles. The molecule has 1 heterocycles. The zero-order valence-electron chi connectivity index (χ0n) is 15.2. The highest BCUT2D eigenvalue weighted by atomic mass is 16.6. The molecule has 1 aromatic carbocycles. The lowest BCUT2D eigenvalue weighted by atomic mass is 10.0. The van der Waals surface area contributed by atoms with Crippen molar-refractivity contribution >= 4 is 12.1 Å². The number of hydrogen-bond acceptors (Lipinski definition) is 5. The van der Waals surface area contributed by atoms with Gasteiger partial charge in [-0.3, -0.25) is 4.79 Å². The molecule has 1 aliphatic heterocycles. The van der Waals surface area contributed by atoms with Crippen LogP contribution in [0.3, 0.4) is 0 Å². The predicted octanol–water partition coefficient (Wildman–Crippen LogP) is 3.09. The number of methoxy groups -OCH3 is 1. The zero-order chi connectivity index (χ0) is 18.2. The first-order valence-corrected chi connectivity index (χ1v) is 8.60. The molecule has 1 fully saturated rings. The fourth-order valence-electron chi connectivity index (χ4n) is 3.10. The van der Waals surface area contributed by atoms with Gasteiger partial charge in [0.15, 0.2) is 0 Å². The van der Waals surface area contributed by atoms with E-state index in [1.165, 1.54) is 7.11 Å². The summed E-state index contributed by atoms with van der Waals surface area (Å²) in [6, 6.07) is 5.96. The molecule has 136 valence electrons. The molecule has 25 heavy (non-hydrogen) atoms. The average molecular weight is 347 g/mol. The number of fused-ring (bicyclic) bond motifs is 1. The van der Waals surface area contributed by atoms with Crippen LogP contribution in [0.2, 0.25) is 0 Å². The molecule has 2 aliphatic rings. The van der Waals surface area contributed by atoms with Gasteiger partial charge in [0.05, 0.1) is 26.1 Å². The topological polar surface area (TPSA) is 65.1 Å². The highest BCUT2D eigenvalue weighted by Crippen LogP contribution is 2.48. The van der Waals surface area contributed by atoms with Gasteiger partial charge in [-0.25, -0.2) is 4.79 Å². The third-order valence-electron chi connectivity index (χ3n) is 4.44. The van der Waals surface area contributed by atoms with Gasteiger partial charge >= 0.3 is 12.1 Å². The SMILES string of the molecule is COC(=O)[C@@H]1C[C@H]1c1ccc2c(c1)CN(C(=O)OC(C)(C)C)CCO2. The van der Waals surface area contributed by atoms with Gasteiger partial charge in [-0.05, 0) is 44.7 Å². The Morgan fingerprint density at radius 1 is 1.28 bits per heavy atom. The van der Waals surface area contributed by atoms with Gasteiger partial charge in [0.25, 0.3) is 0 Å². The molecule has 0 aromatic heterocycles. The summed E-state index contributed by atoms with van der Waals surface area (Å²) in [7, 11) is 1.42. The molecule has 2 atom stereocenters. The number of carbonyl (C=O) groups is 2. The lowest BCUT2D eigenvalue weighted by Gasteiger charge is -2.26. The number of esters is 1. The van der Waals surface area contributed by atoms with E-state index in [9.17, 15) is 9.59 Å². The second-order valence-corrected chi connectivity index (χ2v) is 7.59. The normalized spacial score (nSPS) is 22.3. The number of hydrogen-bond donors (Lipinski definition) is 0. The van der Waals surface area contributed by atoms with Gasteiger partial charge in [-0.2, -0.15) is 0 Å². The van der Waals surface area contributed by atoms with E-state index < -0.39 is 5.60 Å². The second-order valence-electron chi connectivity index (χ2n) is 7.59. The minimum absolute atomic E-state index is 0.0586. The zero-order valence-corrected chi connectivity index (χ0v) is 15.2. The molecule has 1 saturated carbocycles. The van der Waals surface area contributed by atoms with Crippen LogP contribution in [0.1, 0.15) is 44.2 Å². The summed E-state index contributed by atoms with van der Waals surface area (Å²) in [6.45, 7) is 6.91. The number of ether oxygens (including phenoxy) is 3. The maximum Gasteiger partial charge on any atom is 0.410 e. The van der Waals surface area contributed by atoms with Crippen LogP contribution in [0.25, 0.3) is 0 Å². The fourth-order valence-corrected chi connectivity index (χ4v) is 3.10. The van der Waals surface area contributed by atoms with Gasteiger partial charge in [0, 0.05) is 5.56 Å². The van der Waals surface area contributed by atoms with Crippen LogP contribution in [-0.4, -0.2) is 42.8 Å². The molecule has 1 aromatic rings. The average Bonchev–Trinajstić information content (AvgIpc) is 3.34. The van der Waals surface area contributed by atoms with E-state index in [1.54, 1.807) is 4.90 Å². The Morgan fingerprint density at radius 2 is 2.04 bits per heavy atom. The van der Waals surface area contributed by atoms with Crippen LogP contribution in [0.4, 0.5) is 4.79 Å². The Bertz CT molecular complexity index is 679. The maximum absolute atomic E-state index is 12.4. The van der Waals surface area contributed by atoms with Gasteiger partial charge in [0.1, 0.15) is 18.0 Å². The van der Waals surface area contributed by atoms with Crippen molar-refractivity contribution in [2.75, 3.05) is 20.3 Å². The minimum atomic E-state index is -0.531. The van der Waals surface area contributed by atoms with Gasteiger partial charge in [0.2, 0.25) is 0 Å². The van der Waals surface area contributed by atoms with Crippen molar-refractivity contribution in [3.05, 3.63) is 29.3 Å². The largest absolute Gasteiger partial charge is 0.491 e. The summed E-state index contributed by atoms with van der Waals surface area (Å²) in [5, 5.41) is 0. The Kier molecular flexibility index (Phi) is 4.62. The van der Waals surface area contributed by atoms with E-state index in [2.05, 4.69) is 0 Å². The highest BCUT2D eigenvalue weighted by Gasteiger charge is 2.45. The van der Waals surface area contributed by atoms with Crippen LogP contribution >= 0.6 is 0 Å². The summed E-state index contributed by atoms with van der Waals surface area (Å²) in [5.74, 6) is 0.754. The standard InChI is InChI=1S/C19H25NO5/c1-19(2,3)25-18(22)20-7-8-24-16-6-5-12(9-13(16)11-20)14-10-15(14)17(21)23-4/h5-6,9,14-15H,7-8,10-11H2,1-4H3/t14-,15+/m0/s1. The van der Waals surface area contributed by atoms with Crippen molar-refractivity contribution in [3.63, 3.8) is 0 Å². The van der Waals surface area contributed by atoms with Gasteiger partial charge in [-0.15, -0.1) is 0 Å². The molecule has 1 amide bonds. The monoisotopic (exact) mass is 347 g/mol. The van der Waals surface area contributed by atoms with Gasteiger partial charge < -0.3 is 19.1 Å². The second kappa shape index (κ2) is 6.58. The predicted molar refractivity (Wildman–Crippen MR) is 91.4 cm³/mol. The van der Waals surface area contributed by atoms with Crippen molar-refractivity contribution in [1.82, 2.24) is 4.90 Å². The quantitative estimate of drug-likeness (QED) is 0.769. The molecular weight excluding hydrogens is 322 g/mol. The first-order chi connectivity index (χ1) is 11.8. The highest BCUT2D eigenvalue weighted by molar-refractivity contribution is 5.77. The number of amides is 1. The van der Waals surface area contributed by atoms with E-state index in [0.29, 0.717) is 19.7 Å². The minimum Gasteiger partial charge on any atom is -0.491 e. The van der Waals surface area contributed by atoms with Crippen LogP contribution < -0.4 is 4.74 Å². The summed E-state index contributed by atoms with van der Waals surface area (Å²) in [4.78, 5) is 25.7. The van der Waals surface area contributed by atoms with Crippen LogP contribution in [0, 0.1) is 5.92 Å². The third kappa shape index (κ3) is 4.06. The molecule has 0 radical (unpaired) electrons. The lowest BCUT2D eigenvalue weighted by molar-refractivity contribution is -0.142. The van der Waals surface area contributed by atoms with E-state index in [0.717, 1.165) is 23.3 Å². The van der Waals surface area contributed by atoms with Crippen molar-refractivity contribution in [1.29, 1.82) is 0 Å². The summed E-state index contributed by atoms with van der Waals surface area (Å²) < 4.78 is 16.1. The van der Waals surface area contributed by atoms with E-state index in [4.69, 9.17) is 14.2 Å². The van der Waals surface area contributed by atoms with Gasteiger partial charge in [-0.1, -0.05) is 12.1 Å². The Balaban J connectivity index is 1.75. The van der Waals surface area contributed by atoms with Crippen molar-refractivity contribution in [2.45, 2.75) is 45.3 Å². The fraction of sp³-hybridized carbons (Fsp3) is 0.579.